The van der Waals surface area contributed by atoms with Crippen molar-refractivity contribution in [2.24, 2.45) is 0 Å². The summed E-state index contributed by atoms with van der Waals surface area (Å²) in [5.74, 6) is -0.0214. The van der Waals surface area contributed by atoms with E-state index in [4.69, 9.17) is 11.6 Å². The van der Waals surface area contributed by atoms with Crippen LogP contribution in [0.15, 0.2) is 35.4 Å². The molecule has 2 aromatic heterocycles. The summed E-state index contributed by atoms with van der Waals surface area (Å²) >= 11 is 5.84. The Bertz CT molecular complexity index is 1130. The molecule has 0 amide bonds. The fraction of sp³-hybridized carbons (Fsp3) is 0.250. The van der Waals surface area contributed by atoms with Crippen molar-refractivity contribution in [1.29, 1.82) is 0 Å². The summed E-state index contributed by atoms with van der Waals surface area (Å²) in [5.41, 5.74) is 0.321. The Morgan fingerprint density at radius 3 is 2.56 bits per heavy atom. The number of hydrogen-bond acceptors (Lipinski definition) is 4. The molecule has 0 saturated carbocycles. The number of aryl methyl sites for hydroxylation is 2. The van der Waals surface area contributed by atoms with Crippen molar-refractivity contribution < 1.29 is 21.6 Å². The lowest BCUT2D eigenvalue weighted by Gasteiger charge is -2.11. The number of nitrogens with one attached hydrogen (secondary N) is 1. The molecular formula is C16H14ClF3N4O2S. The first kappa shape index (κ1) is 19.6. The number of rotatable bonds is 4. The Balaban J connectivity index is 1.95. The third-order valence-electron chi connectivity index (χ3n) is 3.91. The predicted octanol–water partition coefficient (Wildman–Crippen LogP) is 3.50. The van der Waals surface area contributed by atoms with Crippen LogP contribution in [-0.4, -0.2) is 23.0 Å². The number of benzene rings is 1. The van der Waals surface area contributed by atoms with Gasteiger partial charge in [0.1, 0.15) is 0 Å². The largest absolute Gasteiger partial charge is 0.417 e. The molecule has 0 atom stereocenters. The number of aromatic nitrogens is 3. The quantitative estimate of drug-likeness (QED) is 0.703. The summed E-state index contributed by atoms with van der Waals surface area (Å²) in [7, 11) is -3.89. The summed E-state index contributed by atoms with van der Waals surface area (Å²) in [6, 6.07) is 5.71. The van der Waals surface area contributed by atoms with Crippen molar-refractivity contribution in [2.75, 3.05) is 0 Å². The molecule has 1 aromatic carbocycles. The first-order valence-electron chi connectivity index (χ1n) is 7.66. The second-order valence-electron chi connectivity index (χ2n) is 5.98. The smallest absolute Gasteiger partial charge is 0.283 e. The molecule has 0 aliphatic carbocycles. The minimum absolute atomic E-state index is 0.00519. The molecule has 0 radical (unpaired) electrons. The molecule has 2 heterocycles. The molecule has 0 spiro atoms. The number of nitrogens with zero attached hydrogens (tertiary/aromatic N) is 3. The molecule has 0 aliphatic rings. The Hall–Kier alpha value is -2.17. The second kappa shape index (κ2) is 6.77. The fourth-order valence-corrected chi connectivity index (χ4v) is 4.06. The molecule has 11 heteroatoms. The van der Waals surface area contributed by atoms with E-state index in [1.807, 2.05) is 0 Å². The van der Waals surface area contributed by atoms with E-state index in [0.717, 1.165) is 22.2 Å². The van der Waals surface area contributed by atoms with Gasteiger partial charge >= 0.3 is 6.18 Å². The Kier molecular flexibility index (Phi) is 4.91. The number of pyridine rings is 1. The van der Waals surface area contributed by atoms with Crippen LogP contribution in [0.3, 0.4) is 0 Å². The molecule has 1 N–H and O–H groups in total. The molecule has 0 unspecified atom stereocenters. The molecule has 0 aliphatic heterocycles. The molecule has 6 nitrogen and oxygen atoms in total. The first-order chi connectivity index (χ1) is 12.5. The summed E-state index contributed by atoms with van der Waals surface area (Å²) in [5, 5.41) is 7.24. The van der Waals surface area contributed by atoms with Crippen LogP contribution in [0.5, 0.6) is 0 Å². The zero-order chi connectivity index (χ0) is 20.0. The average Bonchev–Trinajstić information content (AvgIpc) is 2.98. The molecule has 144 valence electrons. The number of halogens is 4. The molecule has 0 saturated heterocycles. The number of sulfonamides is 1. The van der Waals surface area contributed by atoms with Gasteiger partial charge in [-0.2, -0.15) is 13.2 Å². The third kappa shape index (κ3) is 3.92. The van der Waals surface area contributed by atoms with Gasteiger partial charge in [-0.3, -0.25) is 4.40 Å². The summed E-state index contributed by atoms with van der Waals surface area (Å²) < 4.78 is 67.4. The lowest BCUT2D eigenvalue weighted by atomic mass is 10.2. The van der Waals surface area contributed by atoms with Gasteiger partial charge in [0, 0.05) is 6.20 Å². The summed E-state index contributed by atoms with van der Waals surface area (Å²) in [6.45, 7) is 3.05. The van der Waals surface area contributed by atoms with Crippen LogP contribution >= 0.6 is 11.6 Å². The van der Waals surface area contributed by atoms with Gasteiger partial charge in [-0.15, -0.1) is 10.2 Å². The maximum atomic E-state index is 13.0. The fourth-order valence-electron chi connectivity index (χ4n) is 2.51. The van der Waals surface area contributed by atoms with Gasteiger partial charge in [-0.25, -0.2) is 13.1 Å². The van der Waals surface area contributed by atoms with Crippen LogP contribution in [0.2, 0.25) is 5.02 Å². The van der Waals surface area contributed by atoms with Crippen molar-refractivity contribution in [1.82, 2.24) is 19.3 Å². The Morgan fingerprint density at radius 1 is 1.19 bits per heavy atom. The maximum Gasteiger partial charge on any atom is 0.417 e. The van der Waals surface area contributed by atoms with E-state index in [2.05, 4.69) is 14.9 Å². The van der Waals surface area contributed by atoms with Gasteiger partial charge in [0.2, 0.25) is 10.0 Å². The van der Waals surface area contributed by atoms with Gasteiger partial charge < -0.3 is 0 Å². The highest BCUT2D eigenvalue weighted by Crippen LogP contribution is 2.32. The number of alkyl halides is 3. The van der Waals surface area contributed by atoms with Gasteiger partial charge in [0.05, 0.1) is 22.0 Å². The van der Waals surface area contributed by atoms with Gasteiger partial charge in [0.25, 0.3) is 0 Å². The molecule has 27 heavy (non-hydrogen) atoms. The highest BCUT2D eigenvalue weighted by atomic mass is 35.5. The Morgan fingerprint density at radius 2 is 1.89 bits per heavy atom. The maximum absolute atomic E-state index is 13.0. The van der Waals surface area contributed by atoms with E-state index >= 15 is 0 Å². The van der Waals surface area contributed by atoms with Crippen molar-refractivity contribution in [3.8, 4) is 0 Å². The lowest BCUT2D eigenvalue weighted by molar-refractivity contribution is -0.137. The van der Waals surface area contributed by atoms with Crippen molar-refractivity contribution in [2.45, 2.75) is 31.5 Å². The molecule has 0 fully saturated rings. The summed E-state index contributed by atoms with van der Waals surface area (Å²) in [6.07, 6.45) is -3.83. The van der Waals surface area contributed by atoms with Gasteiger partial charge in [-0.05, 0) is 37.1 Å². The molecule has 0 bridgehead atoms. The topological polar surface area (TPSA) is 76.4 Å². The monoisotopic (exact) mass is 418 g/mol. The third-order valence-corrected chi connectivity index (χ3v) is 5.73. The second-order valence-corrected chi connectivity index (χ2v) is 8.12. The number of fused-ring (bicyclic) bond motifs is 1. The lowest BCUT2D eigenvalue weighted by Crippen LogP contribution is -2.25. The van der Waals surface area contributed by atoms with E-state index < -0.39 is 21.8 Å². The van der Waals surface area contributed by atoms with E-state index in [1.54, 1.807) is 26.0 Å². The van der Waals surface area contributed by atoms with E-state index in [0.29, 0.717) is 5.56 Å². The first-order valence-corrected chi connectivity index (χ1v) is 9.52. The van der Waals surface area contributed by atoms with Crippen LogP contribution in [0, 0.1) is 13.8 Å². The van der Waals surface area contributed by atoms with Crippen molar-refractivity contribution in [3.05, 3.63) is 58.0 Å². The summed E-state index contributed by atoms with van der Waals surface area (Å²) in [4.78, 5) is 0.0883. The van der Waals surface area contributed by atoms with Crippen LogP contribution in [0.4, 0.5) is 13.2 Å². The minimum Gasteiger partial charge on any atom is -0.283 e. The minimum atomic E-state index is -4.61. The number of hydrogen-bond donors (Lipinski definition) is 1. The zero-order valence-corrected chi connectivity index (χ0v) is 15.7. The van der Waals surface area contributed by atoms with Crippen LogP contribution in [0.25, 0.3) is 5.65 Å². The predicted molar refractivity (Wildman–Crippen MR) is 92.9 cm³/mol. The SMILES string of the molecule is Cc1ccc(C)c(S(=O)(=O)NCc2nnc3c(Cl)cc(C(F)(F)F)cn23)c1. The van der Waals surface area contributed by atoms with E-state index in [1.165, 1.54) is 6.07 Å². The standard InChI is InChI=1S/C16H14ClF3N4O2S/c1-9-3-4-10(2)13(5-9)27(25,26)21-7-14-22-23-15-12(17)6-11(8-24(14)15)16(18,19)20/h3-6,8,21H,7H2,1-2H3. The normalized spacial score (nSPS) is 12.7. The molecule has 3 aromatic rings. The van der Waals surface area contributed by atoms with Gasteiger partial charge in [0.15, 0.2) is 11.5 Å². The van der Waals surface area contributed by atoms with Crippen LogP contribution in [0.1, 0.15) is 22.5 Å². The van der Waals surface area contributed by atoms with E-state index in [9.17, 15) is 21.6 Å². The highest BCUT2D eigenvalue weighted by Gasteiger charge is 2.32. The van der Waals surface area contributed by atoms with Gasteiger partial charge in [-0.1, -0.05) is 23.7 Å². The van der Waals surface area contributed by atoms with Crippen LogP contribution in [-0.2, 0) is 22.7 Å². The highest BCUT2D eigenvalue weighted by molar-refractivity contribution is 7.89. The zero-order valence-electron chi connectivity index (χ0n) is 14.2. The molecule has 3 rings (SSSR count). The average molecular weight is 419 g/mol. The Labute approximate surface area is 158 Å². The molecular weight excluding hydrogens is 405 g/mol. The van der Waals surface area contributed by atoms with Crippen molar-refractivity contribution in [3.63, 3.8) is 0 Å². The van der Waals surface area contributed by atoms with E-state index in [-0.39, 0.29) is 27.9 Å². The van der Waals surface area contributed by atoms with Crippen molar-refractivity contribution >= 4 is 27.3 Å². The van der Waals surface area contributed by atoms with Crippen LogP contribution < -0.4 is 4.72 Å².